The van der Waals surface area contributed by atoms with E-state index in [-0.39, 0.29) is 78.2 Å². The molecule has 5 heterocycles. The molecule has 4 aromatic carbocycles. The molecule has 588 valence electrons. The number of carbonyl (C=O) groups is 7. The number of rotatable bonds is 28. The Balaban J connectivity index is 0.000000251. The van der Waals surface area contributed by atoms with Crippen molar-refractivity contribution in [1.82, 2.24) is 21.3 Å². The smallest absolute Gasteiger partial charge is 0.407 e. The molecule has 0 bridgehead atoms. The van der Waals surface area contributed by atoms with Gasteiger partial charge in [-0.1, -0.05) is 104 Å². The number of fused-ring (bicyclic) bond motifs is 6. The molecule has 0 spiro atoms. The highest BCUT2D eigenvalue weighted by molar-refractivity contribution is 5.80. The van der Waals surface area contributed by atoms with Crippen LogP contribution in [0.4, 0.5) is 9.59 Å². The van der Waals surface area contributed by atoms with Gasteiger partial charge in [-0.05, 0) is 44.5 Å². The molecule has 38 heteroatoms. The van der Waals surface area contributed by atoms with Crippen LogP contribution in [0.25, 0.3) is 22.3 Å². The van der Waals surface area contributed by atoms with Crippen molar-refractivity contribution in [2.24, 2.45) is 0 Å². The lowest BCUT2D eigenvalue weighted by atomic mass is 9.95. The first kappa shape index (κ1) is 82.9. The Morgan fingerprint density at radius 1 is 0.393 bits per heavy atom. The fraction of sp³-hybridized carbons (Fsp3) is 0.551. The molecule has 11 rings (SSSR count). The zero-order valence-corrected chi connectivity index (χ0v) is 56.6. The van der Waals surface area contributed by atoms with E-state index in [9.17, 15) is 94.8 Å². The maximum Gasteiger partial charge on any atom is 0.407 e. The van der Waals surface area contributed by atoms with Gasteiger partial charge in [-0.2, -0.15) is 0 Å². The number of hydrogen-bond donors (Lipinski definition) is 16. The molecule has 16 N–H and O–H groups in total. The second kappa shape index (κ2) is 38.3. The Hall–Kier alpha value is -8.11. The molecule has 5 saturated heterocycles. The van der Waals surface area contributed by atoms with Gasteiger partial charge in [-0.25, -0.2) is 9.59 Å². The van der Waals surface area contributed by atoms with Crippen molar-refractivity contribution in [2.45, 2.75) is 187 Å². The number of ether oxygens (including phenoxy) is 15. The highest BCUT2D eigenvalue weighted by atomic mass is 16.8. The number of hydrogen-bond acceptors (Lipinski definition) is 34. The molecule has 0 aromatic heterocycles. The summed E-state index contributed by atoms with van der Waals surface area (Å²) in [4.78, 5) is 82.6. The molecule has 4 aromatic rings. The molecule has 0 saturated carbocycles. The van der Waals surface area contributed by atoms with Crippen LogP contribution in [-0.4, -0.2) is 311 Å². The van der Waals surface area contributed by atoms with Crippen molar-refractivity contribution in [2.75, 3.05) is 52.7 Å². The molecule has 7 aliphatic rings. The number of aliphatic hydroxyl groups excluding tert-OH is 12. The first-order valence-corrected chi connectivity index (χ1v) is 33.5. The monoisotopic (exact) mass is 1520 g/mol. The molecular weight excluding hydrogens is 1430 g/mol. The van der Waals surface area contributed by atoms with Gasteiger partial charge in [0, 0.05) is 38.8 Å². The summed E-state index contributed by atoms with van der Waals surface area (Å²) in [5, 5.41) is 136. The molecule has 25 atom stereocenters. The summed E-state index contributed by atoms with van der Waals surface area (Å²) in [5.74, 6) is -1.67. The largest absolute Gasteiger partial charge is 0.449 e. The van der Waals surface area contributed by atoms with Gasteiger partial charge >= 0.3 is 12.2 Å². The molecule has 10 unspecified atom stereocenters. The summed E-state index contributed by atoms with van der Waals surface area (Å²) in [6.45, 7) is -0.124. The van der Waals surface area contributed by atoms with Gasteiger partial charge < -0.3 is 154 Å². The van der Waals surface area contributed by atoms with E-state index in [1.54, 1.807) is 0 Å². The summed E-state index contributed by atoms with van der Waals surface area (Å²) >= 11 is 0. The number of benzene rings is 4. The van der Waals surface area contributed by atoms with Gasteiger partial charge in [0.25, 0.3) is 19.4 Å². The third-order valence-electron chi connectivity index (χ3n) is 18.4. The third kappa shape index (κ3) is 19.1. The molecule has 4 amide bonds. The lowest BCUT2D eigenvalue weighted by Crippen LogP contribution is -2.69. The standard InChI is InChI=1S/C37H46N2O20.C31H38N2O14.CH4/c1-16(43)39-23-24(44)30(56-35-28(48)25(45)27(47)34(58-35)53-14-41)22(12-40)55-32(23)57-31-26(46)29(49)33(59-36(31)54-15-42)51-11-10-38-37(50)52-13-21-19-8-4-2-6-17(19)18-7-3-5-9-20(18)21;1-15(36)33-22-24(38)23(37)21(12-34)45-28(22)46-27-25(39)26(40)29(47-30(27)44-14-35)42-11-10-32-31(41)43-13-20-18-8-4-2-6-16(18)17-7-3-5-9-19(17)20;/h2-9,14-15,21-36,40,44-49H,10-13H2,1H3,(H,38,50)(H,39,43);2-9,14,20-30,34,37-40H,10-13H2,1H3,(H,32,41)(H,33,36);1H4/t22?,23?,24-,25+,26-,27+,28?,29?,30-,31+,32-,33-,34?,35-,36?;21?,22?,23-,24-,25-,26?,27+,28-,29-,30?;/m11./s1. The van der Waals surface area contributed by atoms with Crippen LogP contribution in [0.1, 0.15) is 55.4 Å². The predicted octanol–water partition coefficient (Wildman–Crippen LogP) is -4.51. The molecule has 5 fully saturated rings. The minimum Gasteiger partial charge on any atom is -0.449 e. The SMILES string of the molecule is C.CC(=O)NC1[C@@H](O[C@@H]2C(OC=O)O[C@@H](OCCNC(=O)OCC3c4ccccc4-c4ccccc43)C(O)[C@H]2O)OC(CO)[C@@H](O)[C@@H]1O.CC(=O)NC1[C@@H](O[C@@H]2C(OC=O)O[C@@H](OCCNC(=O)OCC3c4ccccc4-c4ccccc43)C(O)[C@H]2O)OC(CO)[C@@H](O[C@@H]2OC(OC=O)[C@@H](O)[C@H](O)C2O)[C@@H]1O. The molecule has 107 heavy (non-hydrogen) atoms. The molecule has 5 aliphatic heterocycles. The van der Waals surface area contributed by atoms with E-state index in [1.807, 2.05) is 97.1 Å². The second-order valence-electron chi connectivity index (χ2n) is 25.2. The van der Waals surface area contributed by atoms with Crippen LogP contribution in [0, 0.1) is 0 Å². The summed E-state index contributed by atoms with van der Waals surface area (Å²) < 4.78 is 81.2. The maximum atomic E-state index is 12.6. The van der Waals surface area contributed by atoms with Crippen molar-refractivity contribution in [3.8, 4) is 22.3 Å². The highest BCUT2D eigenvalue weighted by Gasteiger charge is 2.57. The van der Waals surface area contributed by atoms with Crippen LogP contribution in [0.15, 0.2) is 97.1 Å². The Labute approximate surface area is 610 Å². The Kier molecular flexibility index (Phi) is 29.7. The average Bonchev–Trinajstić information content (AvgIpc) is 1.73. The number of aliphatic hydroxyl groups is 12. The van der Waals surface area contributed by atoms with Crippen LogP contribution in [0.5, 0.6) is 0 Å². The summed E-state index contributed by atoms with van der Waals surface area (Å²) in [6, 6.07) is 28.5. The molecule has 2 aliphatic carbocycles. The number of alkyl carbamates (subject to hydrolysis) is 2. The van der Waals surface area contributed by atoms with Gasteiger partial charge in [0.15, 0.2) is 43.7 Å². The Morgan fingerprint density at radius 2 is 0.738 bits per heavy atom. The first-order valence-electron chi connectivity index (χ1n) is 33.5. The second-order valence-corrected chi connectivity index (χ2v) is 25.2. The zero-order chi connectivity index (χ0) is 76.0. The third-order valence-corrected chi connectivity index (χ3v) is 18.4. The lowest BCUT2D eigenvalue weighted by Gasteiger charge is -2.48. The van der Waals surface area contributed by atoms with Crippen LogP contribution in [0.2, 0.25) is 0 Å². The van der Waals surface area contributed by atoms with Crippen molar-refractivity contribution in [1.29, 1.82) is 0 Å². The minimum absolute atomic E-state index is 0. The first-order chi connectivity index (χ1) is 51.0. The Bertz CT molecular complexity index is 3510. The lowest BCUT2D eigenvalue weighted by molar-refractivity contribution is -0.389. The van der Waals surface area contributed by atoms with Gasteiger partial charge in [-0.3, -0.25) is 24.0 Å². The van der Waals surface area contributed by atoms with Crippen LogP contribution in [-0.2, 0) is 95.0 Å². The fourth-order valence-corrected chi connectivity index (χ4v) is 13.3. The van der Waals surface area contributed by atoms with Gasteiger partial charge in [0.05, 0.1) is 26.4 Å². The predicted molar refractivity (Wildman–Crippen MR) is 354 cm³/mol. The zero-order valence-electron chi connectivity index (χ0n) is 56.6. The normalized spacial score (nSPS) is 33.5. The highest BCUT2D eigenvalue weighted by Crippen LogP contribution is 2.46. The topological polar surface area (TPSA) is 549 Å². The van der Waals surface area contributed by atoms with Gasteiger partial charge in [0.2, 0.25) is 30.7 Å². The average molecular weight is 1520 g/mol. The molecular formula is C69H88N4O34. The van der Waals surface area contributed by atoms with Crippen molar-refractivity contribution in [3.05, 3.63) is 119 Å². The Morgan fingerprint density at radius 3 is 1.13 bits per heavy atom. The van der Waals surface area contributed by atoms with E-state index in [2.05, 4.69) is 26.0 Å². The van der Waals surface area contributed by atoms with E-state index in [0.717, 1.165) is 58.4 Å². The number of nitrogens with one attached hydrogen (secondary N) is 4. The summed E-state index contributed by atoms with van der Waals surface area (Å²) in [5.41, 5.74) is 8.48. The molecule has 0 radical (unpaired) electrons. The van der Waals surface area contributed by atoms with E-state index in [4.69, 9.17) is 66.3 Å². The maximum absolute atomic E-state index is 12.6. The van der Waals surface area contributed by atoms with Gasteiger partial charge in [0.1, 0.15) is 105 Å². The van der Waals surface area contributed by atoms with Crippen molar-refractivity contribution >= 4 is 43.4 Å². The quantitative estimate of drug-likeness (QED) is 0.0145. The van der Waals surface area contributed by atoms with Gasteiger partial charge in [-0.15, -0.1) is 0 Å². The van der Waals surface area contributed by atoms with Crippen LogP contribution in [0.3, 0.4) is 0 Å². The summed E-state index contributed by atoms with van der Waals surface area (Å²) in [7, 11) is 0. The van der Waals surface area contributed by atoms with Crippen molar-refractivity contribution in [3.63, 3.8) is 0 Å². The number of amides is 4. The van der Waals surface area contributed by atoms with E-state index < -0.39 is 191 Å². The molecule has 38 nitrogen and oxygen atoms in total. The number of carbonyl (C=O) groups excluding carboxylic acids is 7. The van der Waals surface area contributed by atoms with Crippen LogP contribution < -0.4 is 21.3 Å². The van der Waals surface area contributed by atoms with E-state index >= 15 is 0 Å². The summed E-state index contributed by atoms with van der Waals surface area (Å²) in [6.07, 6.45) is -41.7. The minimum atomic E-state index is -1.98. The van der Waals surface area contributed by atoms with E-state index in [0.29, 0.717) is 0 Å². The van der Waals surface area contributed by atoms with Crippen LogP contribution >= 0.6 is 0 Å². The van der Waals surface area contributed by atoms with Crippen molar-refractivity contribution < 1.29 is 166 Å². The fourth-order valence-electron chi connectivity index (χ4n) is 13.3. The van der Waals surface area contributed by atoms with E-state index in [1.165, 1.54) is 0 Å².